The molecule has 2 aromatic heterocycles. The Kier molecular flexibility index (Phi) is 3.98. The topological polar surface area (TPSA) is 138 Å². The molecule has 0 unspecified atom stereocenters. The lowest BCUT2D eigenvalue weighted by molar-refractivity contribution is -0.113. The number of anilines is 2. The van der Waals surface area contributed by atoms with Gasteiger partial charge in [-0.25, -0.2) is 9.53 Å². The van der Waals surface area contributed by atoms with E-state index in [0.717, 1.165) is 27.9 Å². The molecule has 4 N–H and O–H groups in total. The number of thioether (sulfide) groups is 1. The van der Waals surface area contributed by atoms with Crippen molar-refractivity contribution in [3.8, 4) is 11.3 Å². The van der Waals surface area contributed by atoms with Gasteiger partial charge in [-0.05, 0) is 40.3 Å². The van der Waals surface area contributed by atoms with Crippen LogP contribution in [0.5, 0.6) is 0 Å². The van der Waals surface area contributed by atoms with Crippen LogP contribution in [0.4, 0.5) is 11.6 Å². The molecule has 1 aliphatic heterocycles. The Morgan fingerprint density at radius 1 is 1.31 bits per heavy atom. The van der Waals surface area contributed by atoms with Crippen LogP contribution in [0, 0.1) is 5.41 Å². The van der Waals surface area contributed by atoms with Gasteiger partial charge < -0.3 is 5.73 Å². The molecule has 0 atom stereocenters. The number of benzene rings is 1. The van der Waals surface area contributed by atoms with Crippen LogP contribution in [0.2, 0.25) is 5.02 Å². The van der Waals surface area contributed by atoms with E-state index in [1.165, 1.54) is 0 Å². The number of aromatic nitrogens is 4. The second-order valence-electron chi connectivity index (χ2n) is 5.24. The lowest BCUT2D eigenvalue weighted by Gasteiger charge is -2.09. The highest BCUT2D eigenvalue weighted by molar-refractivity contribution is 8.19. The van der Waals surface area contributed by atoms with Crippen molar-refractivity contribution in [2.75, 3.05) is 10.6 Å². The van der Waals surface area contributed by atoms with Crippen LogP contribution in [-0.2, 0) is 4.79 Å². The molecule has 1 aliphatic rings. The summed E-state index contributed by atoms with van der Waals surface area (Å²) < 4.78 is 4.51. The first kappa shape index (κ1) is 16.4. The summed E-state index contributed by atoms with van der Waals surface area (Å²) in [4.78, 5) is 14.0. The predicted octanol–water partition coefficient (Wildman–Crippen LogP) is 2.75. The Bertz CT molecular complexity index is 1040. The van der Waals surface area contributed by atoms with Crippen molar-refractivity contribution in [1.82, 2.24) is 20.5 Å². The molecule has 0 bridgehead atoms. The van der Waals surface area contributed by atoms with Crippen LogP contribution in [0.1, 0.15) is 5.56 Å². The number of nitrogen functional groups attached to an aromatic ring is 1. The molecule has 3 aromatic rings. The fourth-order valence-corrected chi connectivity index (χ4v) is 3.38. The van der Waals surface area contributed by atoms with E-state index in [0.29, 0.717) is 15.5 Å². The SMILES string of the molecule is N=C1S/C(=C\c2cn[nH]c2-c2ccc(Cl)cc2)C(=O)N1c1nonc1N. The van der Waals surface area contributed by atoms with E-state index in [1.807, 2.05) is 12.1 Å². The van der Waals surface area contributed by atoms with Crippen molar-refractivity contribution < 1.29 is 9.42 Å². The Morgan fingerprint density at radius 2 is 2.08 bits per heavy atom. The average Bonchev–Trinajstić information content (AvgIpc) is 3.30. The number of amides is 1. The molecule has 0 spiro atoms. The summed E-state index contributed by atoms with van der Waals surface area (Å²) in [7, 11) is 0. The number of nitrogens with one attached hydrogen (secondary N) is 2. The van der Waals surface area contributed by atoms with Gasteiger partial charge in [0.05, 0.1) is 16.8 Å². The van der Waals surface area contributed by atoms with Gasteiger partial charge in [-0.15, -0.1) is 0 Å². The van der Waals surface area contributed by atoms with Crippen molar-refractivity contribution >= 4 is 52.1 Å². The summed E-state index contributed by atoms with van der Waals surface area (Å²) >= 11 is 6.91. The van der Waals surface area contributed by atoms with Gasteiger partial charge in [0.1, 0.15) is 0 Å². The number of carbonyl (C=O) groups excluding carboxylic acids is 1. The number of hydrogen-bond donors (Lipinski definition) is 3. The van der Waals surface area contributed by atoms with Crippen LogP contribution >= 0.6 is 23.4 Å². The molecular formula is C15H10ClN7O2S. The normalized spacial score (nSPS) is 16.0. The number of amidine groups is 1. The maximum Gasteiger partial charge on any atom is 0.272 e. The van der Waals surface area contributed by atoms with Gasteiger partial charge in [0.2, 0.25) is 11.6 Å². The Labute approximate surface area is 155 Å². The molecule has 9 nitrogen and oxygen atoms in total. The molecule has 1 saturated heterocycles. The second-order valence-corrected chi connectivity index (χ2v) is 6.70. The minimum absolute atomic E-state index is 0.000943. The smallest absolute Gasteiger partial charge is 0.272 e. The van der Waals surface area contributed by atoms with Gasteiger partial charge >= 0.3 is 0 Å². The van der Waals surface area contributed by atoms with Gasteiger partial charge in [-0.1, -0.05) is 23.7 Å². The maximum absolute atomic E-state index is 12.7. The summed E-state index contributed by atoms with van der Waals surface area (Å²) in [6, 6.07) is 7.22. The number of nitrogens with zero attached hydrogens (tertiary/aromatic N) is 4. The average molecular weight is 388 g/mol. The van der Waals surface area contributed by atoms with E-state index in [9.17, 15) is 4.79 Å². The van der Waals surface area contributed by atoms with Crippen LogP contribution in [0.25, 0.3) is 17.3 Å². The molecule has 4 rings (SSSR count). The van der Waals surface area contributed by atoms with E-state index in [4.69, 9.17) is 22.7 Å². The van der Waals surface area contributed by atoms with Crippen LogP contribution in [-0.4, -0.2) is 31.6 Å². The zero-order valence-corrected chi connectivity index (χ0v) is 14.5. The number of nitrogens with two attached hydrogens (primary N) is 1. The highest BCUT2D eigenvalue weighted by atomic mass is 35.5. The molecule has 1 aromatic carbocycles. The molecular weight excluding hydrogens is 378 g/mol. The summed E-state index contributed by atoms with van der Waals surface area (Å²) in [6.45, 7) is 0. The first-order valence-corrected chi connectivity index (χ1v) is 8.44. The molecule has 1 fully saturated rings. The molecule has 0 saturated carbocycles. The monoisotopic (exact) mass is 387 g/mol. The zero-order chi connectivity index (χ0) is 18.3. The highest BCUT2D eigenvalue weighted by Crippen LogP contribution is 2.37. The first-order chi connectivity index (χ1) is 12.5. The summed E-state index contributed by atoms with van der Waals surface area (Å²) in [6.07, 6.45) is 3.25. The number of rotatable bonds is 3. The van der Waals surface area contributed by atoms with Crippen LogP contribution < -0.4 is 10.6 Å². The predicted molar refractivity (Wildman–Crippen MR) is 98.5 cm³/mol. The van der Waals surface area contributed by atoms with Gasteiger partial charge in [0.15, 0.2) is 5.17 Å². The number of halogens is 1. The van der Waals surface area contributed by atoms with E-state index in [1.54, 1.807) is 24.4 Å². The molecule has 26 heavy (non-hydrogen) atoms. The standard InChI is InChI=1S/C15H10ClN7O2S/c16-9-3-1-7(2-4-9)11-8(6-19-20-11)5-10-14(24)23(15(18)26-10)13-12(17)21-25-22-13/h1-6,18H,(H2,17,21)(H,19,20)/b10-5-,18-15?. The van der Waals surface area contributed by atoms with Crippen LogP contribution in [0.3, 0.4) is 0 Å². The van der Waals surface area contributed by atoms with E-state index in [-0.39, 0.29) is 16.8 Å². The number of hydrogen-bond acceptors (Lipinski definition) is 8. The van der Waals surface area contributed by atoms with Crippen molar-refractivity contribution in [2.45, 2.75) is 0 Å². The number of aromatic amines is 1. The van der Waals surface area contributed by atoms with Crippen molar-refractivity contribution in [3.63, 3.8) is 0 Å². The van der Waals surface area contributed by atoms with Gasteiger partial charge in [0, 0.05) is 16.1 Å². The van der Waals surface area contributed by atoms with Gasteiger partial charge in [-0.3, -0.25) is 15.3 Å². The Balaban J connectivity index is 1.69. The Hall–Kier alpha value is -3.11. The molecule has 11 heteroatoms. The highest BCUT2D eigenvalue weighted by Gasteiger charge is 2.37. The van der Waals surface area contributed by atoms with Crippen LogP contribution in [0.15, 0.2) is 40.0 Å². The van der Waals surface area contributed by atoms with Crippen molar-refractivity contribution in [1.29, 1.82) is 5.41 Å². The fraction of sp³-hybridized carbons (Fsp3) is 0. The third kappa shape index (κ3) is 2.74. The quantitative estimate of drug-likeness (QED) is 0.587. The third-order valence-corrected chi connectivity index (χ3v) is 4.76. The fourth-order valence-electron chi connectivity index (χ4n) is 2.42. The number of H-pyrrole nitrogens is 1. The zero-order valence-electron chi connectivity index (χ0n) is 12.9. The van der Waals surface area contributed by atoms with Crippen molar-refractivity contribution in [2.24, 2.45) is 0 Å². The lowest BCUT2D eigenvalue weighted by atomic mass is 10.1. The lowest BCUT2D eigenvalue weighted by Crippen LogP contribution is -2.29. The minimum atomic E-state index is -0.439. The summed E-state index contributed by atoms with van der Waals surface area (Å²) in [5.74, 6) is -0.498. The first-order valence-electron chi connectivity index (χ1n) is 7.24. The number of carbonyl (C=O) groups is 1. The second kappa shape index (κ2) is 6.32. The molecule has 1 amide bonds. The third-order valence-electron chi connectivity index (χ3n) is 3.62. The molecule has 130 valence electrons. The molecule has 3 heterocycles. The van der Waals surface area contributed by atoms with E-state index in [2.05, 4.69) is 25.1 Å². The van der Waals surface area contributed by atoms with E-state index < -0.39 is 5.91 Å². The molecule has 0 radical (unpaired) electrons. The van der Waals surface area contributed by atoms with E-state index >= 15 is 0 Å². The van der Waals surface area contributed by atoms with Gasteiger partial charge in [-0.2, -0.15) is 5.10 Å². The van der Waals surface area contributed by atoms with Gasteiger partial charge in [0.25, 0.3) is 5.91 Å². The summed E-state index contributed by atoms with van der Waals surface area (Å²) in [5, 5.41) is 22.6. The Morgan fingerprint density at radius 3 is 2.77 bits per heavy atom. The summed E-state index contributed by atoms with van der Waals surface area (Å²) in [5.41, 5.74) is 7.92. The van der Waals surface area contributed by atoms with Crippen molar-refractivity contribution in [3.05, 3.63) is 46.0 Å². The largest absolute Gasteiger partial charge is 0.378 e. The minimum Gasteiger partial charge on any atom is -0.378 e. The molecule has 0 aliphatic carbocycles. The maximum atomic E-state index is 12.7.